The molecule has 0 radical (unpaired) electrons. The fourth-order valence-corrected chi connectivity index (χ4v) is 1.50. The molecule has 0 aromatic carbocycles. The number of aromatic nitrogens is 2. The Labute approximate surface area is 83.1 Å². The number of carbonyl (C=O) groups excluding carboxylic acids is 1. The Bertz CT molecular complexity index is 333. The van der Waals surface area contributed by atoms with E-state index in [2.05, 4.69) is 15.5 Å². The van der Waals surface area contributed by atoms with Crippen LogP contribution in [0.3, 0.4) is 0 Å². The Kier molecular flexibility index (Phi) is 2.27. The average Bonchev–Trinajstić information content (AvgIpc) is 2.93. The number of amides is 1. The van der Waals surface area contributed by atoms with Crippen molar-refractivity contribution in [1.82, 2.24) is 15.5 Å². The second-order valence-corrected chi connectivity index (χ2v) is 3.90. The van der Waals surface area contributed by atoms with Gasteiger partial charge in [0.25, 0.3) is 0 Å². The standard InChI is InChI=1S/C10H15N3O/c1-6-9(7(2)13-12-6)5-11-10(14)8-3-4-8/h8H,3-5H2,1-2H3,(H,11,14)(H,12,13). The molecule has 4 nitrogen and oxygen atoms in total. The fourth-order valence-electron chi connectivity index (χ4n) is 1.50. The number of nitrogens with zero attached hydrogens (tertiary/aromatic N) is 1. The van der Waals surface area contributed by atoms with E-state index >= 15 is 0 Å². The molecule has 0 saturated heterocycles. The molecular weight excluding hydrogens is 178 g/mol. The maximum atomic E-state index is 11.4. The molecular formula is C10H15N3O. The maximum Gasteiger partial charge on any atom is 0.223 e. The molecule has 2 N–H and O–H groups in total. The third kappa shape index (κ3) is 1.78. The number of H-pyrrole nitrogens is 1. The predicted molar refractivity (Wildman–Crippen MR) is 52.6 cm³/mol. The zero-order valence-corrected chi connectivity index (χ0v) is 8.55. The van der Waals surface area contributed by atoms with Crippen molar-refractivity contribution in [3.8, 4) is 0 Å². The number of aromatic amines is 1. The number of hydrogen-bond acceptors (Lipinski definition) is 2. The number of hydrogen-bond donors (Lipinski definition) is 2. The van der Waals surface area contributed by atoms with Crippen molar-refractivity contribution >= 4 is 5.91 Å². The highest BCUT2D eigenvalue weighted by Gasteiger charge is 2.29. The van der Waals surface area contributed by atoms with Crippen LogP contribution in [0.5, 0.6) is 0 Å². The van der Waals surface area contributed by atoms with Crippen LogP contribution in [0.2, 0.25) is 0 Å². The SMILES string of the molecule is Cc1n[nH]c(C)c1CNC(=O)C1CC1. The van der Waals surface area contributed by atoms with Crippen molar-refractivity contribution in [3.05, 3.63) is 17.0 Å². The van der Waals surface area contributed by atoms with Crippen LogP contribution in [0.4, 0.5) is 0 Å². The predicted octanol–water partition coefficient (Wildman–Crippen LogP) is 1.05. The molecule has 4 heteroatoms. The lowest BCUT2D eigenvalue weighted by molar-refractivity contribution is -0.122. The van der Waals surface area contributed by atoms with Gasteiger partial charge in [0.15, 0.2) is 0 Å². The maximum absolute atomic E-state index is 11.4. The van der Waals surface area contributed by atoms with Crippen LogP contribution in [0.15, 0.2) is 0 Å². The van der Waals surface area contributed by atoms with E-state index in [0.29, 0.717) is 6.54 Å². The summed E-state index contributed by atoms with van der Waals surface area (Å²) in [5.74, 6) is 0.465. The molecule has 1 aliphatic carbocycles. The first-order valence-electron chi connectivity index (χ1n) is 4.96. The summed E-state index contributed by atoms with van der Waals surface area (Å²) >= 11 is 0. The molecule has 1 amide bonds. The van der Waals surface area contributed by atoms with Gasteiger partial charge in [-0.2, -0.15) is 5.10 Å². The summed E-state index contributed by atoms with van der Waals surface area (Å²) in [5.41, 5.74) is 3.12. The lowest BCUT2D eigenvalue weighted by atomic mass is 10.2. The molecule has 0 bridgehead atoms. The number of rotatable bonds is 3. The molecule has 0 atom stereocenters. The highest BCUT2D eigenvalue weighted by molar-refractivity contribution is 5.80. The lowest BCUT2D eigenvalue weighted by Crippen LogP contribution is -2.24. The van der Waals surface area contributed by atoms with Crippen LogP contribution >= 0.6 is 0 Å². The zero-order valence-electron chi connectivity index (χ0n) is 8.55. The second kappa shape index (κ2) is 3.44. The summed E-state index contributed by atoms with van der Waals surface area (Å²) in [6.45, 7) is 4.52. The molecule has 1 heterocycles. The first kappa shape index (κ1) is 9.24. The van der Waals surface area contributed by atoms with E-state index in [9.17, 15) is 4.79 Å². The molecule has 0 aliphatic heterocycles. The topological polar surface area (TPSA) is 57.8 Å². The van der Waals surface area contributed by atoms with Crippen LogP contribution < -0.4 is 5.32 Å². The van der Waals surface area contributed by atoms with Gasteiger partial charge in [-0.15, -0.1) is 0 Å². The van der Waals surface area contributed by atoms with Gasteiger partial charge in [0.2, 0.25) is 5.91 Å². The van der Waals surface area contributed by atoms with Crippen molar-refractivity contribution in [2.45, 2.75) is 33.2 Å². The van der Waals surface area contributed by atoms with Gasteiger partial charge < -0.3 is 5.32 Å². The number of carbonyl (C=O) groups is 1. The van der Waals surface area contributed by atoms with E-state index in [4.69, 9.17) is 0 Å². The van der Waals surface area contributed by atoms with Crippen LogP contribution in [-0.4, -0.2) is 16.1 Å². The van der Waals surface area contributed by atoms with Crippen LogP contribution in [0, 0.1) is 19.8 Å². The molecule has 0 spiro atoms. The van der Waals surface area contributed by atoms with E-state index < -0.39 is 0 Å². The second-order valence-electron chi connectivity index (χ2n) is 3.90. The highest BCUT2D eigenvalue weighted by atomic mass is 16.2. The van der Waals surface area contributed by atoms with Crippen LogP contribution in [0.1, 0.15) is 29.8 Å². The van der Waals surface area contributed by atoms with Gasteiger partial charge in [0.05, 0.1) is 5.69 Å². The van der Waals surface area contributed by atoms with Gasteiger partial charge in [0.1, 0.15) is 0 Å². The van der Waals surface area contributed by atoms with Gasteiger partial charge in [-0.1, -0.05) is 0 Å². The largest absolute Gasteiger partial charge is 0.352 e. The van der Waals surface area contributed by atoms with E-state index in [1.54, 1.807) is 0 Å². The monoisotopic (exact) mass is 193 g/mol. The molecule has 2 rings (SSSR count). The summed E-state index contributed by atoms with van der Waals surface area (Å²) in [4.78, 5) is 11.4. The average molecular weight is 193 g/mol. The minimum absolute atomic E-state index is 0.185. The Morgan fingerprint density at radius 1 is 1.57 bits per heavy atom. The molecule has 1 aromatic heterocycles. The van der Waals surface area contributed by atoms with Gasteiger partial charge >= 0.3 is 0 Å². The van der Waals surface area contributed by atoms with Gasteiger partial charge in [-0.3, -0.25) is 9.89 Å². The first-order chi connectivity index (χ1) is 6.68. The van der Waals surface area contributed by atoms with E-state index in [0.717, 1.165) is 29.8 Å². The number of aryl methyl sites for hydroxylation is 2. The van der Waals surface area contributed by atoms with E-state index in [1.807, 2.05) is 13.8 Å². The molecule has 1 fully saturated rings. The quantitative estimate of drug-likeness (QED) is 0.754. The van der Waals surface area contributed by atoms with E-state index in [1.165, 1.54) is 0 Å². The lowest BCUT2D eigenvalue weighted by Gasteiger charge is -2.03. The van der Waals surface area contributed by atoms with Crippen LogP contribution in [0.25, 0.3) is 0 Å². The zero-order chi connectivity index (χ0) is 10.1. The van der Waals surface area contributed by atoms with E-state index in [-0.39, 0.29) is 11.8 Å². The summed E-state index contributed by atoms with van der Waals surface area (Å²) in [6, 6.07) is 0. The van der Waals surface area contributed by atoms with Crippen molar-refractivity contribution < 1.29 is 4.79 Å². The molecule has 1 aromatic rings. The van der Waals surface area contributed by atoms with Gasteiger partial charge in [-0.25, -0.2) is 0 Å². The van der Waals surface area contributed by atoms with Crippen molar-refractivity contribution in [3.63, 3.8) is 0 Å². The van der Waals surface area contributed by atoms with Crippen molar-refractivity contribution in [1.29, 1.82) is 0 Å². The van der Waals surface area contributed by atoms with Crippen molar-refractivity contribution in [2.75, 3.05) is 0 Å². The first-order valence-corrected chi connectivity index (χ1v) is 4.96. The Hall–Kier alpha value is -1.32. The molecule has 0 unspecified atom stereocenters. The molecule has 1 saturated carbocycles. The van der Waals surface area contributed by atoms with Crippen molar-refractivity contribution in [2.24, 2.45) is 5.92 Å². The molecule has 1 aliphatic rings. The third-order valence-electron chi connectivity index (χ3n) is 2.67. The highest BCUT2D eigenvalue weighted by Crippen LogP contribution is 2.28. The van der Waals surface area contributed by atoms with Crippen LogP contribution in [-0.2, 0) is 11.3 Å². The Balaban J connectivity index is 1.93. The third-order valence-corrected chi connectivity index (χ3v) is 2.67. The minimum Gasteiger partial charge on any atom is -0.352 e. The summed E-state index contributed by atoms with van der Waals surface area (Å²) in [6.07, 6.45) is 2.10. The summed E-state index contributed by atoms with van der Waals surface area (Å²) in [5, 5.41) is 9.91. The minimum atomic E-state index is 0.185. The normalized spacial score (nSPS) is 15.6. The summed E-state index contributed by atoms with van der Waals surface area (Å²) < 4.78 is 0. The van der Waals surface area contributed by atoms with Gasteiger partial charge in [-0.05, 0) is 26.7 Å². The smallest absolute Gasteiger partial charge is 0.223 e. The van der Waals surface area contributed by atoms with Gasteiger partial charge in [0, 0.05) is 23.7 Å². The fraction of sp³-hybridized carbons (Fsp3) is 0.600. The summed E-state index contributed by atoms with van der Waals surface area (Å²) in [7, 11) is 0. The number of nitrogens with one attached hydrogen (secondary N) is 2. The Morgan fingerprint density at radius 3 is 2.79 bits per heavy atom. The molecule has 76 valence electrons. The molecule has 14 heavy (non-hydrogen) atoms. The Morgan fingerprint density at radius 2 is 2.29 bits per heavy atom.